The minimum atomic E-state index is -0.383. The number of allylic oxidation sites excluding steroid dienone is 4. The number of cyclic esters (lactones) is 1. The van der Waals surface area contributed by atoms with Gasteiger partial charge < -0.3 is 23.8 Å². The van der Waals surface area contributed by atoms with Gasteiger partial charge in [-0.05, 0) is 83.1 Å². The summed E-state index contributed by atoms with van der Waals surface area (Å²) < 4.78 is 24.5. The minimum absolute atomic E-state index is 0.0191. The van der Waals surface area contributed by atoms with Gasteiger partial charge >= 0.3 is 12.1 Å². The first-order valence-electron chi connectivity index (χ1n) is 16.5. The van der Waals surface area contributed by atoms with Crippen LogP contribution in [0.2, 0.25) is 0 Å². The highest BCUT2D eigenvalue weighted by atomic mass is 16.6. The molecular weight excluding hydrogens is 530 g/mol. The van der Waals surface area contributed by atoms with Gasteiger partial charge in [-0.25, -0.2) is 4.79 Å². The van der Waals surface area contributed by atoms with Crippen LogP contribution in [0.3, 0.4) is 0 Å². The molecule has 7 nitrogen and oxygen atoms in total. The maximum atomic E-state index is 13.2. The Morgan fingerprint density at radius 1 is 0.929 bits per heavy atom. The minimum Gasteiger partial charge on any atom is -0.457 e. The smallest absolute Gasteiger partial charge is 0.409 e. The average Bonchev–Trinajstić information content (AvgIpc) is 2.98. The van der Waals surface area contributed by atoms with Crippen molar-refractivity contribution in [3.05, 3.63) is 48.1 Å². The Kier molecular flexibility index (Phi) is 13.2. The maximum Gasteiger partial charge on any atom is 0.409 e. The first-order valence-corrected chi connectivity index (χ1v) is 16.5. The van der Waals surface area contributed by atoms with E-state index in [0.29, 0.717) is 18.9 Å². The van der Waals surface area contributed by atoms with Crippen LogP contribution in [0.25, 0.3) is 0 Å². The van der Waals surface area contributed by atoms with Crippen LogP contribution in [-0.4, -0.2) is 67.2 Å². The molecule has 4 aliphatic heterocycles. The number of likely N-dealkylation sites (tertiary alicyclic amines) is 1. The molecule has 4 rings (SSSR count). The number of esters is 1. The molecule has 234 valence electrons. The average molecular weight is 584 g/mol. The summed E-state index contributed by atoms with van der Waals surface area (Å²) in [6, 6.07) is 0. The number of piperidine rings is 1. The summed E-state index contributed by atoms with van der Waals surface area (Å²) in [5.74, 6) is 0.168. The van der Waals surface area contributed by atoms with E-state index in [1.54, 1.807) is 4.90 Å². The van der Waals surface area contributed by atoms with Gasteiger partial charge in [0.1, 0.15) is 6.10 Å². The van der Waals surface area contributed by atoms with Crippen molar-refractivity contribution < 1.29 is 28.5 Å². The van der Waals surface area contributed by atoms with Gasteiger partial charge in [0.25, 0.3) is 0 Å². The first kappa shape index (κ1) is 32.5. The number of carbonyl (C=O) groups excluding carboxylic acids is 2. The predicted molar refractivity (Wildman–Crippen MR) is 165 cm³/mol. The number of amides is 1. The van der Waals surface area contributed by atoms with Gasteiger partial charge in [0.05, 0.1) is 37.4 Å². The van der Waals surface area contributed by atoms with Crippen molar-refractivity contribution in [2.75, 3.05) is 19.7 Å². The lowest BCUT2D eigenvalue weighted by molar-refractivity contribution is -0.154. The van der Waals surface area contributed by atoms with Gasteiger partial charge in [-0.2, -0.15) is 0 Å². The van der Waals surface area contributed by atoms with E-state index in [-0.39, 0.29) is 54.9 Å². The molecule has 4 aliphatic rings. The van der Waals surface area contributed by atoms with Crippen molar-refractivity contribution in [2.45, 2.75) is 128 Å². The van der Waals surface area contributed by atoms with Crippen LogP contribution in [-0.2, 0) is 23.7 Å². The lowest BCUT2D eigenvalue weighted by atomic mass is 9.90. The van der Waals surface area contributed by atoms with E-state index in [1.165, 1.54) is 18.4 Å². The zero-order valence-corrected chi connectivity index (χ0v) is 26.1. The Labute approximate surface area is 253 Å². The predicted octanol–water partition coefficient (Wildman–Crippen LogP) is 7.47. The van der Waals surface area contributed by atoms with Crippen LogP contribution >= 0.6 is 0 Å². The zero-order chi connectivity index (χ0) is 29.7. The molecule has 4 heterocycles. The molecule has 3 fully saturated rings. The van der Waals surface area contributed by atoms with E-state index >= 15 is 0 Å². The largest absolute Gasteiger partial charge is 0.457 e. The van der Waals surface area contributed by atoms with Gasteiger partial charge in [0, 0.05) is 25.4 Å². The van der Waals surface area contributed by atoms with Crippen molar-refractivity contribution in [3.8, 4) is 0 Å². The summed E-state index contributed by atoms with van der Waals surface area (Å²) in [5, 5.41) is 0. The maximum absolute atomic E-state index is 13.2. The normalized spacial score (nSPS) is 34.5. The zero-order valence-electron chi connectivity index (χ0n) is 26.1. The summed E-state index contributed by atoms with van der Waals surface area (Å²) in [4.78, 5) is 27.1. The van der Waals surface area contributed by atoms with Gasteiger partial charge in [-0.3, -0.25) is 4.79 Å². The Hall–Kier alpha value is -2.38. The van der Waals surface area contributed by atoms with Crippen molar-refractivity contribution >= 4 is 12.1 Å². The number of nitrogens with zero attached hydrogens (tertiary/aromatic N) is 1. The second kappa shape index (κ2) is 17.0. The molecule has 4 bridgehead atoms. The SMILES string of the molecule is CC=C1CC2CC(=O)OC(C=CC=CCCOC(=O)N3CCCCC3)C(C)C=CC(C)CC3CCCC(CC(C1)O2)O3. The summed E-state index contributed by atoms with van der Waals surface area (Å²) in [7, 11) is 0. The summed E-state index contributed by atoms with van der Waals surface area (Å²) in [6.45, 7) is 8.36. The Balaban J connectivity index is 1.37. The monoisotopic (exact) mass is 583 g/mol. The number of hydrogen-bond acceptors (Lipinski definition) is 6. The Morgan fingerprint density at radius 2 is 1.67 bits per heavy atom. The molecule has 7 atom stereocenters. The van der Waals surface area contributed by atoms with E-state index in [2.05, 4.69) is 39.0 Å². The molecule has 0 saturated carbocycles. The quantitative estimate of drug-likeness (QED) is 0.145. The van der Waals surface area contributed by atoms with Crippen LogP contribution in [0.1, 0.15) is 97.8 Å². The van der Waals surface area contributed by atoms with Gasteiger partial charge in [0.2, 0.25) is 0 Å². The Morgan fingerprint density at radius 3 is 2.45 bits per heavy atom. The highest BCUT2D eigenvalue weighted by Gasteiger charge is 2.32. The molecular formula is C35H53NO6. The number of fused-ring (bicyclic) bond motifs is 4. The third-order valence-electron chi connectivity index (χ3n) is 8.97. The van der Waals surface area contributed by atoms with Crippen molar-refractivity contribution in [3.63, 3.8) is 0 Å². The van der Waals surface area contributed by atoms with E-state index in [0.717, 1.165) is 64.5 Å². The third-order valence-corrected chi connectivity index (χ3v) is 8.97. The van der Waals surface area contributed by atoms with Crippen LogP contribution in [0.5, 0.6) is 0 Å². The standard InChI is InChI=1S/C35H53NO6/c1-4-28-22-31-24-30-14-12-13-29(40-30)21-26(2)16-17-27(3)33(42-34(37)25-32(23-28)41-31)15-8-5-6-11-20-39-35(38)36-18-9-7-10-19-36/h4-6,8,15-17,26-27,29-33H,7,9-14,18-25H2,1-3H3. The fourth-order valence-corrected chi connectivity index (χ4v) is 6.56. The summed E-state index contributed by atoms with van der Waals surface area (Å²) >= 11 is 0. The molecule has 7 unspecified atom stereocenters. The van der Waals surface area contributed by atoms with E-state index in [9.17, 15) is 9.59 Å². The van der Waals surface area contributed by atoms with E-state index in [1.807, 2.05) is 24.3 Å². The van der Waals surface area contributed by atoms with Crippen LogP contribution in [0.4, 0.5) is 4.79 Å². The molecule has 0 aromatic rings. The highest BCUT2D eigenvalue weighted by Crippen LogP contribution is 2.33. The molecule has 1 amide bonds. The topological polar surface area (TPSA) is 74.3 Å². The molecule has 0 aliphatic carbocycles. The number of carbonyl (C=O) groups is 2. The van der Waals surface area contributed by atoms with Gasteiger partial charge in [-0.1, -0.05) is 55.9 Å². The molecule has 3 saturated heterocycles. The summed E-state index contributed by atoms with van der Waals surface area (Å²) in [6.07, 6.45) is 25.4. The molecule has 0 aromatic carbocycles. The molecule has 7 heteroatoms. The molecule has 42 heavy (non-hydrogen) atoms. The highest BCUT2D eigenvalue weighted by molar-refractivity contribution is 5.70. The van der Waals surface area contributed by atoms with Crippen LogP contribution in [0, 0.1) is 11.8 Å². The van der Waals surface area contributed by atoms with Crippen molar-refractivity contribution in [1.82, 2.24) is 4.90 Å². The molecule has 0 aromatic heterocycles. The Bertz CT molecular complexity index is 980. The number of ether oxygens (including phenoxy) is 4. The molecule has 0 radical (unpaired) electrons. The van der Waals surface area contributed by atoms with E-state index in [4.69, 9.17) is 18.9 Å². The molecule has 0 N–H and O–H groups in total. The lowest BCUT2D eigenvalue weighted by Gasteiger charge is -2.37. The second-order valence-electron chi connectivity index (χ2n) is 12.7. The van der Waals surface area contributed by atoms with Crippen molar-refractivity contribution in [2.24, 2.45) is 11.8 Å². The molecule has 0 spiro atoms. The second-order valence-corrected chi connectivity index (χ2v) is 12.7. The first-order chi connectivity index (χ1) is 20.4. The van der Waals surface area contributed by atoms with E-state index < -0.39 is 0 Å². The number of hydrogen-bond donors (Lipinski definition) is 0. The fourth-order valence-electron chi connectivity index (χ4n) is 6.56. The lowest BCUT2D eigenvalue weighted by Crippen LogP contribution is -2.37. The number of rotatable bonds is 5. The fraction of sp³-hybridized carbons (Fsp3) is 0.714. The van der Waals surface area contributed by atoms with Crippen molar-refractivity contribution in [1.29, 1.82) is 0 Å². The van der Waals surface area contributed by atoms with Gasteiger partial charge in [-0.15, -0.1) is 0 Å². The van der Waals surface area contributed by atoms with Crippen LogP contribution in [0.15, 0.2) is 48.1 Å². The van der Waals surface area contributed by atoms with Gasteiger partial charge in [0.15, 0.2) is 0 Å². The summed E-state index contributed by atoms with van der Waals surface area (Å²) in [5.41, 5.74) is 1.35. The van der Waals surface area contributed by atoms with Crippen LogP contribution < -0.4 is 0 Å². The third kappa shape index (κ3) is 10.7.